The lowest BCUT2D eigenvalue weighted by Crippen LogP contribution is -2.29. The number of imidazole rings is 1. The highest BCUT2D eigenvalue weighted by Crippen LogP contribution is 2.10. The van der Waals surface area contributed by atoms with Crippen molar-refractivity contribution in [3.8, 4) is 0 Å². The predicted molar refractivity (Wildman–Crippen MR) is 85.3 cm³/mol. The molecule has 0 bridgehead atoms. The van der Waals surface area contributed by atoms with Gasteiger partial charge in [0.05, 0.1) is 6.33 Å². The Hall–Kier alpha value is -1.93. The second-order valence-corrected chi connectivity index (χ2v) is 6.96. The highest BCUT2D eigenvalue weighted by Gasteiger charge is 2.17. The van der Waals surface area contributed by atoms with Gasteiger partial charge in [0.15, 0.2) is 5.03 Å². The van der Waals surface area contributed by atoms with Gasteiger partial charge in [-0.25, -0.2) is 23.1 Å². The maximum atomic E-state index is 12.1. The molecule has 0 saturated carbocycles. The molecular formula is C14H21N5O2S. The van der Waals surface area contributed by atoms with Crippen LogP contribution in [0.1, 0.15) is 25.6 Å². The molecule has 2 aromatic heterocycles. The van der Waals surface area contributed by atoms with Gasteiger partial charge >= 0.3 is 0 Å². The molecule has 0 amide bonds. The summed E-state index contributed by atoms with van der Waals surface area (Å²) in [5.74, 6) is 0.725. The van der Waals surface area contributed by atoms with Gasteiger partial charge < -0.3 is 9.88 Å². The lowest BCUT2D eigenvalue weighted by molar-refractivity contribution is 0.577. The maximum Gasteiger partial charge on any atom is 0.259 e. The third-order valence-corrected chi connectivity index (χ3v) is 4.41. The van der Waals surface area contributed by atoms with Gasteiger partial charge in [0.1, 0.15) is 5.82 Å². The fourth-order valence-corrected chi connectivity index (χ4v) is 2.80. The first kappa shape index (κ1) is 16.4. The summed E-state index contributed by atoms with van der Waals surface area (Å²) in [6.45, 7) is 6.53. The summed E-state index contributed by atoms with van der Waals surface area (Å²) in [5, 5.41) is 3.11. The Bertz CT molecular complexity index is 724. The van der Waals surface area contributed by atoms with Crippen LogP contribution >= 0.6 is 0 Å². The molecule has 2 aromatic rings. The lowest BCUT2D eigenvalue weighted by atomic mass is 10.4. The third-order valence-electron chi connectivity index (χ3n) is 3.06. The SMILES string of the molecule is Cc1cccc(NCCNS(=O)(=O)c2cn(C(C)C)cn2)n1. The average Bonchev–Trinajstić information content (AvgIpc) is 2.94. The molecule has 0 unspecified atom stereocenters. The van der Waals surface area contributed by atoms with Crippen LogP contribution < -0.4 is 10.0 Å². The lowest BCUT2D eigenvalue weighted by Gasteiger charge is -2.07. The van der Waals surface area contributed by atoms with Gasteiger partial charge in [-0.3, -0.25) is 0 Å². The molecule has 2 heterocycles. The minimum absolute atomic E-state index is 0.0369. The Balaban J connectivity index is 1.87. The van der Waals surface area contributed by atoms with Crippen LogP contribution in [0.25, 0.3) is 0 Å². The fraction of sp³-hybridized carbons (Fsp3) is 0.429. The second-order valence-electron chi connectivity index (χ2n) is 5.24. The van der Waals surface area contributed by atoms with E-state index in [2.05, 4.69) is 20.0 Å². The van der Waals surface area contributed by atoms with Crippen molar-refractivity contribution >= 4 is 15.8 Å². The normalized spacial score (nSPS) is 11.8. The fourth-order valence-electron chi connectivity index (χ4n) is 1.83. The van der Waals surface area contributed by atoms with Gasteiger partial charge in [0, 0.05) is 31.0 Å². The molecule has 0 fully saturated rings. The average molecular weight is 323 g/mol. The van der Waals surface area contributed by atoms with Crippen molar-refractivity contribution in [1.29, 1.82) is 0 Å². The van der Waals surface area contributed by atoms with Gasteiger partial charge in [0.2, 0.25) is 0 Å². The highest BCUT2D eigenvalue weighted by atomic mass is 32.2. The number of sulfonamides is 1. The largest absolute Gasteiger partial charge is 0.369 e. The number of nitrogens with zero attached hydrogens (tertiary/aromatic N) is 3. The minimum Gasteiger partial charge on any atom is -0.369 e. The van der Waals surface area contributed by atoms with Crippen LogP contribution in [0.2, 0.25) is 0 Å². The summed E-state index contributed by atoms with van der Waals surface area (Å²) in [6.07, 6.45) is 3.05. The molecule has 22 heavy (non-hydrogen) atoms. The van der Waals surface area contributed by atoms with Crippen molar-refractivity contribution in [3.63, 3.8) is 0 Å². The van der Waals surface area contributed by atoms with Crippen LogP contribution in [-0.2, 0) is 10.0 Å². The molecule has 0 spiro atoms. The number of rotatable bonds is 7. The van der Waals surface area contributed by atoms with E-state index in [0.29, 0.717) is 6.54 Å². The molecule has 8 heteroatoms. The van der Waals surface area contributed by atoms with E-state index in [1.807, 2.05) is 39.0 Å². The van der Waals surface area contributed by atoms with Crippen molar-refractivity contribution in [1.82, 2.24) is 19.3 Å². The van der Waals surface area contributed by atoms with Crippen molar-refractivity contribution in [2.45, 2.75) is 31.8 Å². The summed E-state index contributed by atoms with van der Waals surface area (Å²) in [5.41, 5.74) is 0.907. The topological polar surface area (TPSA) is 88.9 Å². The molecule has 2 N–H and O–H groups in total. The number of aromatic nitrogens is 3. The molecule has 0 saturated heterocycles. The van der Waals surface area contributed by atoms with Gasteiger partial charge in [-0.2, -0.15) is 0 Å². The molecule has 0 aliphatic rings. The molecular weight excluding hydrogens is 302 g/mol. The first-order valence-electron chi connectivity index (χ1n) is 7.09. The zero-order chi connectivity index (χ0) is 16.2. The van der Waals surface area contributed by atoms with Gasteiger partial charge in [0.25, 0.3) is 10.0 Å². The quantitative estimate of drug-likeness (QED) is 0.755. The molecule has 7 nitrogen and oxygen atoms in total. The van der Waals surface area contributed by atoms with Gasteiger partial charge in [-0.15, -0.1) is 0 Å². The second kappa shape index (κ2) is 6.89. The standard InChI is InChI=1S/C14H21N5O2S/c1-11(2)19-9-14(16-10-19)22(20,21)17-8-7-15-13-6-4-5-12(3)18-13/h4-6,9-11,17H,7-8H2,1-3H3,(H,15,18). The molecule has 120 valence electrons. The zero-order valence-electron chi connectivity index (χ0n) is 12.9. The van der Waals surface area contributed by atoms with Crippen LogP contribution in [0.15, 0.2) is 35.7 Å². The molecule has 0 radical (unpaired) electrons. The Morgan fingerprint density at radius 3 is 2.68 bits per heavy atom. The van der Waals surface area contributed by atoms with Crippen LogP contribution in [0.4, 0.5) is 5.82 Å². The van der Waals surface area contributed by atoms with Crippen LogP contribution in [0.3, 0.4) is 0 Å². The van der Waals surface area contributed by atoms with Crippen molar-refractivity contribution in [2.75, 3.05) is 18.4 Å². The summed E-state index contributed by atoms with van der Waals surface area (Å²) in [6, 6.07) is 5.81. The number of anilines is 1. The van der Waals surface area contributed by atoms with E-state index in [4.69, 9.17) is 0 Å². The maximum absolute atomic E-state index is 12.1. The smallest absolute Gasteiger partial charge is 0.259 e. The number of hydrogen-bond donors (Lipinski definition) is 2. The molecule has 0 aliphatic carbocycles. The van der Waals surface area contributed by atoms with Crippen molar-refractivity contribution < 1.29 is 8.42 Å². The summed E-state index contributed by atoms with van der Waals surface area (Å²) in [4.78, 5) is 8.22. The Kier molecular flexibility index (Phi) is 5.15. The first-order chi connectivity index (χ1) is 10.4. The molecule has 0 aromatic carbocycles. The van der Waals surface area contributed by atoms with E-state index in [1.54, 1.807) is 4.57 Å². The summed E-state index contributed by atoms with van der Waals surface area (Å²) in [7, 11) is -3.58. The van der Waals surface area contributed by atoms with E-state index < -0.39 is 10.0 Å². The van der Waals surface area contributed by atoms with Gasteiger partial charge in [-0.05, 0) is 32.9 Å². The Morgan fingerprint density at radius 2 is 2.05 bits per heavy atom. The van der Waals surface area contributed by atoms with E-state index in [0.717, 1.165) is 11.5 Å². The van der Waals surface area contributed by atoms with Gasteiger partial charge in [-0.1, -0.05) is 6.07 Å². The Labute approximate surface area is 130 Å². The zero-order valence-corrected chi connectivity index (χ0v) is 13.8. The first-order valence-corrected chi connectivity index (χ1v) is 8.57. The molecule has 0 aliphatic heterocycles. The van der Waals surface area contributed by atoms with Crippen molar-refractivity contribution in [3.05, 3.63) is 36.4 Å². The van der Waals surface area contributed by atoms with E-state index in [1.165, 1.54) is 12.5 Å². The Morgan fingerprint density at radius 1 is 1.27 bits per heavy atom. The predicted octanol–water partition coefficient (Wildman–Crippen LogP) is 1.56. The van der Waals surface area contributed by atoms with Crippen molar-refractivity contribution in [2.24, 2.45) is 0 Å². The van der Waals surface area contributed by atoms with E-state index in [-0.39, 0.29) is 17.6 Å². The van der Waals surface area contributed by atoms with Crippen LogP contribution in [0.5, 0.6) is 0 Å². The molecule has 0 atom stereocenters. The number of aryl methyl sites for hydroxylation is 1. The van der Waals surface area contributed by atoms with E-state index >= 15 is 0 Å². The molecule has 2 rings (SSSR count). The summed E-state index contributed by atoms with van der Waals surface area (Å²) >= 11 is 0. The minimum atomic E-state index is -3.58. The van der Waals surface area contributed by atoms with Crippen LogP contribution in [0, 0.1) is 6.92 Å². The third kappa shape index (κ3) is 4.28. The monoisotopic (exact) mass is 323 g/mol. The number of hydrogen-bond acceptors (Lipinski definition) is 5. The highest BCUT2D eigenvalue weighted by molar-refractivity contribution is 7.89. The number of pyridine rings is 1. The van der Waals surface area contributed by atoms with Crippen LogP contribution in [-0.4, -0.2) is 36.0 Å². The number of nitrogens with one attached hydrogen (secondary N) is 2. The van der Waals surface area contributed by atoms with E-state index in [9.17, 15) is 8.42 Å². The summed E-state index contributed by atoms with van der Waals surface area (Å²) < 4.78 is 28.5.